The first kappa shape index (κ1) is 20.0. The lowest BCUT2D eigenvalue weighted by Crippen LogP contribution is -2.36. The number of phenols is 1. The molecule has 156 valence electrons. The number of nitrogens with zero attached hydrogens (tertiary/aromatic N) is 3. The van der Waals surface area contributed by atoms with Gasteiger partial charge in [0.2, 0.25) is 5.91 Å². The number of carbonyl (C=O) groups is 1. The number of aromatic hydroxyl groups is 1. The van der Waals surface area contributed by atoms with E-state index in [9.17, 15) is 9.90 Å². The summed E-state index contributed by atoms with van der Waals surface area (Å²) in [5.74, 6) is 0.795. The van der Waals surface area contributed by atoms with Gasteiger partial charge in [-0.05, 0) is 67.6 Å². The maximum Gasteiger partial charge on any atom is 0.234 e. The van der Waals surface area contributed by atoms with E-state index >= 15 is 0 Å². The molecule has 2 aromatic carbocycles. The lowest BCUT2D eigenvalue weighted by molar-refractivity contribution is -0.120. The summed E-state index contributed by atoms with van der Waals surface area (Å²) in [6, 6.07) is 13.0. The maximum absolute atomic E-state index is 13.8. The fourth-order valence-corrected chi connectivity index (χ4v) is 4.18. The third-order valence-electron chi connectivity index (χ3n) is 5.78. The molecule has 1 amide bonds. The van der Waals surface area contributed by atoms with E-state index in [-0.39, 0.29) is 17.6 Å². The molecule has 0 radical (unpaired) electrons. The predicted octanol–water partition coefficient (Wildman–Crippen LogP) is 4.27. The van der Waals surface area contributed by atoms with Crippen LogP contribution in [-0.2, 0) is 24.3 Å². The van der Waals surface area contributed by atoms with Crippen molar-refractivity contribution >= 4 is 11.6 Å². The summed E-state index contributed by atoms with van der Waals surface area (Å²) < 4.78 is 7.14. The topological polar surface area (TPSA) is 67.6 Å². The Kier molecular flexibility index (Phi) is 5.74. The number of benzene rings is 2. The molecule has 6 nitrogen and oxygen atoms in total. The van der Waals surface area contributed by atoms with E-state index in [1.807, 2.05) is 65.3 Å². The van der Waals surface area contributed by atoms with Crippen LogP contribution >= 0.6 is 0 Å². The van der Waals surface area contributed by atoms with Crippen molar-refractivity contribution in [2.75, 3.05) is 12.0 Å². The van der Waals surface area contributed by atoms with Gasteiger partial charge in [-0.25, -0.2) is 0 Å². The summed E-state index contributed by atoms with van der Waals surface area (Å²) >= 11 is 0. The third-order valence-corrected chi connectivity index (χ3v) is 5.78. The number of aryl methyl sites for hydroxylation is 1. The summed E-state index contributed by atoms with van der Waals surface area (Å²) in [6.07, 6.45) is 6.25. The van der Waals surface area contributed by atoms with Gasteiger partial charge < -0.3 is 14.7 Å². The highest BCUT2D eigenvalue weighted by atomic mass is 16.5. The van der Waals surface area contributed by atoms with Gasteiger partial charge in [-0.3, -0.25) is 9.48 Å². The molecule has 1 unspecified atom stereocenters. The number of hydrogen-bond acceptors (Lipinski definition) is 4. The number of anilines is 1. The van der Waals surface area contributed by atoms with Crippen LogP contribution in [0.2, 0.25) is 0 Å². The van der Waals surface area contributed by atoms with Crippen molar-refractivity contribution < 1.29 is 14.6 Å². The minimum Gasteiger partial charge on any atom is -0.508 e. The van der Waals surface area contributed by atoms with Crippen LogP contribution in [0, 0.1) is 0 Å². The van der Waals surface area contributed by atoms with Gasteiger partial charge in [-0.1, -0.05) is 12.1 Å². The zero-order chi connectivity index (χ0) is 21.1. The number of fused-ring (bicyclic) bond motifs is 1. The van der Waals surface area contributed by atoms with Crippen molar-refractivity contribution in [2.45, 2.75) is 45.2 Å². The van der Waals surface area contributed by atoms with Gasteiger partial charge >= 0.3 is 0 Å². The minimum absolute atomic E-state index is 0.0379. The molecule has 30 heavy (non-hydrogen) atoms. The molecule has 1 atom stereocenters. The predicted molar refractivity (Wildman–Crippen MR) is 116 cm³/mol. The maximum atomic E-state index is 13.8. The van der Waals surface area contributed by atoms with Crippen LogP contribution in [0.15, 0.2) is 54.9 Å². The van der Waals surface area contributed by atoms with E-state index in [4.69, 9.17) is 4.74 Å². The smallest absolute Gasteiger partial charge is 0.234 e. The fraction of sp³-hybridized carbons (Fsp3) is 0.333. The number of amides is 1. The lowest BCUT2D eigenvalue weighted by Gasteiger charge is -2.31. The molecule has 0 fully saturated rings. The molecule has 3 aromatic rings. The van der Waals surface area contributed by atoms with Gasteiger partial charge in [0.05, 0.1) is 25.8 Å². The highest BCUT2D eigenvalue weighted by Crippen LogP contribution is 2.38. The summed E-state index contributed by atoms with van der Waals surface area (Å²) in [7, 11) is 1.63. The highest BCUT2D eigenvalue weighted by molar-refractivity contribution is 5.98. The second-order valence-corrected chi connectivity index (χ2v) is 7.62. The first-order valence-electron chi connectivity index (χ1n) is 10.4. The molecule has 1 aromatic heterocycles. The van der Waals surface area contributed by atoms with Crippen LogP contribution < -0.4 is 9.64 Å². The van der Waals surface area contributed by atoms with Gasteiger partial charge in [0.15, 0.2) is 0 Å². The van der Waals surface area contributed by atoms with Gasteiger partial charge in [0.25, 0.3) is 0 Å². The number of phenolic OH excluding ortho intramolecular Hbond substituents is 1. The Morgan fingerprint density at radius 1 is 1.27 bits per heavy atom. The molecule has 1 aliphatic rings. The van der Waals surface area contributed by atoms with Crippen LogP contribution in [0.5, 0.6) is 11.5 Å². The normalized spacial score (nSPS) is 15.5. The Morgan fingerprint density at radius 3 is 2.77 bits per heavy atom. The van der Waals surface area contributed by atoms with Crippen LogP contribution in [0.1, 0.15) is 42.4 Å². The molecule has 1 N–H and O–H groups in total. The molecular weight excluding hydrogens is 378 g/mol. The average molecular weight is 405 g/mol. The quantitative estimate of drug-likeness (QED) is 0.665. The molecule has 0 aliphatic heterocycles. The molecule has 0 spiro atoms. The van der Waals surface area contributed by atoms with Crippen LogP contribution in [-0.4, -0.2) is 27.9 Å². The Bertz CT molecular complexity index is 1030. The van der Waals surface area contributed by atoms with Gasteiger partial charge in [-0.15, -0.1) is 0 Å². The molecule has 0 saturated carbocycles. The molecule has 6 heteroatoms. The fourth-order valence-electron chi connectivity index (χ4n) is 4.18. The Hall–Kier alpha value is -3.28. The highest BCUT2D eigenvalue weighted by Gasteiger charge is 2.32. The van der Waals surface area contributed by atoms with E-state index in [0.717, 1.165) is 53.9 Å². The van der Waals surface area contributed by atoms with Crippen molar-refractivity contribution in [3.05, 3.63) is 71.5 Å². The second-order valence-electron chi connectivity index (χ2n) is 7.62. The number of carbonyl (C=O) groups excluding carboxylic acids is 1. The second kappa shape index (κ2) is 8.61. The number of aromatic nitrogens is 2. The van der Waals surface area contributed by atoms with Crippen molar-refractivity contribution in [3.63, 3.8) is 0 Å². The number of ether oxygens (including phenoxy) is 1. The van der Waals surface area contributed by atoms with E-state index in [0.29, 0.717) is 6.54 Å². The SMILES string of the molecule is CCn1cc(CN(C(=O)C2CCCc3c(O)cccc32)c2ccc(OC)cc2)cn1. The van der Waals surface area contributed by atoms with E-state index in [1.54, 1.807) is 13.2 Å². The molecule has 0 saturated heterocycles. The molecule has 4 rings (SSSR count). The standard InChI is InChI=1S/C24H27N3O3/c1-3-26-15-17(14-25-26)16-27(18-10-12-19(30-2)13-11-18)24(29)22-8-4-7-21-20(22)6-5-9-23(21)28/h5-6,9-15,22,28H,3-4,7-8,16H2,1-2H3. The number of hydrogen-bond donors (Lipinski definition) is 1. The van der Waals surface area contributed by atoms with Crippen molar-refractivity contribution in [2.24, 2.45) is 0 Å². The van der Waals surface area contributed by atoms with E-state index in [1.165, 1.54) is 0 Å². The molecular formula is C24H27N3O3. The lowest BCUT2D eigenvalue weighted by atomic mass is 9.81. The van der Waals surface area contributed by atoms with Crippen molar-refractivity contribution in [3.8, 4) is 11.5 Å². The Balaban J connectivity index is 1.70. The molecule has 1 aliphatic carbocycles. The van der Waals surface area contributed by atoms with Gasteiger partial charge in [0.1, 0.15) is 11.5 Å². The monoisotopic (exact) mass is 405 g/mol. The van der Waals surface area contributed by atoms with E-state index in [2.05, 4.69) is 5.10 Å². The Labute approximate surface area is 176 Å². The van der Waals surface area contributed by atoms with Crippen LogP contribution in [0.3, 0.4) is 0 Å². The first-order valence-corrected chi connectivity index (χ1v) is 10.4. The largest absolute Gasteiger partial charge is 0.508 e. The van der Waals surface area contributed by atoms with Crippen molar-refractivity contribution in [1.29, 1.82) is 0 Å². The molecule has 1 heterocycles. The molecule has 0 bridgehead atoms. The minimum atomic E-state index is -0.274. The average Bonchev–Trinajstić information content (AvgIpc) is 3.25. The van der Waals surface area contributed by atoms with Gasteiger partial charge in [-0.2, -0.15) is 5.10 Å². The first-order chi connectivity index (χ1) is 14.6. The van der Waals surface area contributed by atoms with Crippen LogP contribution in [0.4, 0.5) is 5.69 Å². The third kappa shape index (κ3) is 3.90. The summed E-state index contributed by atoms with van der Waals surface area (Å²) in [5, 5.41) is 14.6. The van der Waals surface area contributed by atoms with E-state index < -0.39 is 0 Å². The summed E-state index contributed by atoms with van der Waals surface area (Å²) in [5.41, 5.74) is 3.63. The van der Waals surface area contributed by atoms with Gasteiger partial charge in [0, 0.05) is 24.0 Å². The van der Waals surface area contributed by atoms with Crippen molar-refractivity contribution in [1.82, 2.24) is 9.78 Å². The number of methoxy groups -OCH3 is 1. The summed E-state index contributed by atoms with van der Waals surface area (Å²) in [6.45, 7) is 3.26. The summed E-state index contributed by atoms with van der Waals surface area (Å²) in [4.78, 5) is 15.6. The Morgan fingerprint density at radius 2 is 2.07 bits per heavy atom. The van der Waals surface area contributed by atoms with Crippen LogP contribution in [0.25, 0.3) is 0 Å². The zero-order valence-corrected chi connectivity index (χ0v) is 17.4. The zero-order valence-electron chi connectivity index (χ0n) is 17.4. The number of rotatable bonds is 6.